The molecule has 2 unspecified atom stereocenters. The highest BCUT2D eigenvalue weighted by Gasteiger charge is 2.70. The van der Waals surface area contributed by atoms with Crippen molar-refractivity contribution < 1.29 is 23.8 Å². The second kappa shape index (κ2) is 5.26. The molecule has 0 N–H and O–H groups in total. The van der Waals surface area contributed by atoms with Crippen molar-refractivity contribution >= 4 is 11.9 Å². The molecule has 1 saturated heterocycles. The van der Waals surface area contributed by atoms with Crippen molar-refractivity contribution in [2.24, 2.45) is 11.3 Å². The van der Waals surface area contributed by atoms with Crippen LogP contribution in [0.1, 0.15) is 33.1 Å². The van der Waals surface area contributed by atoms with E-state index in [0.717, 1.165) is 12.8 Å². The number of rotatable bonds is 5. The Hall–Kier alpha value is -1.10. The Morgan fingerprint density at radius 2 is 1.83 bits per heavy atom. The van der Waals surface area contributed by atoms with Crippen LogP contribution in [0.2, 0.25) is 0 Å². The van der Waals surface area contributed by atoms with Crippen LogP contribution in [0, 0.1) is 11.3 Å². The van der Waals surface area contributed by atoms with Gasteiger partial charge in [-0.3, -0.25) is 9.59 Å². The van der Waals surface area contributed by atoms with Crippen LogP contribution in [-0.2, 0) is 23.8 Å². The summed E-state index contributed by atoms with van der Waals surface area (Å²) < 4.78 is 15.6. The zero-order valence-corrected chi connectivity index (χ0v) is 10.9. The van der Waals surface area contributed by atoms with Crippen LogP contribution in [-0.4, -0.2) is 37.9 Å². The minimum atomic E-state index is -1.10. The topological polar surface area (TPSA) is 61.8 Å². The second-order valence-electron chi connectivity index (χ2n) is 4.77. The molecular weight excluding hydrogens is 236 g/mol. The lowest BCUT2D eigenvalue weighted by Gasteiger charge is -2.17. The van der Waals surface area contributed by atoms with Crippen molar-refractivity contribution in [2.45, 2.75) is 39.2 Å². The van der Waals surface area contributed by atoms with Gasteiger partial charge in [-0.1, -0.05) is 0 Å². The predicted octanol–water partition coefficient (Wildman–Crippen LogP) is 1.30. The van der Waals surface area contributed by atoms with Gasteiger partial charge in [0.05, 0.1) is 19.3 Å². The van der Waals surface area contributed by atoms with Gasteiger partial charge in [0.2, 0.25) is 0 Å². The molecule has 5 nitrogen and oxygen atoms in total. The molecule has 2 aliphatic rings. The molecule has 5 heteroatoms. The third kappa shape index (κ3) is 2.11. The van der Waals surface area contributed by atoms with E-state index in [1.165, 1.54) is 0 Å². The third-order valence-corrected chi connectivity index (χ3v) is 3.71. The van der Waals surface area contributed by atoms with Gasteiger partial charge in [-0.15, -0.1) is 0 Å². The summed E-state index contributed by atoms with van der Waals surface area (Å²) in [6.07, 6.45) is 2.39. The van der Waals surface area contributed by atoms with Crippen molar-refractivity contribution in [1.29, 1.82) is 0 Å². The van der Waals surface area contributed by atoms with Crippen molar-refractivity contribution in [3.05, 3.63) is 0 Å². The molecule has 0 bridgehead atoms. The lowest BCUT2D eigenvalue weighted by Crippen LogP contribution is -2.34. The average molecular weight is 256 g/mol. The van der Waals surface area contributed by atoms with Crippen molar-refractivity contribution in [3.8, 4) is 0 Å². The Labute approximate surface area is 107 Å². The molecule has 2 rings (SSSR count). The fourth-order valence-corrected chi connectivity index (χ4v) is 2.73. The highest BCUT2D eigenvalue weighted by molar-refractivity contribution is 6.04. The molecule has 0 amide bonds. The van der Waals surface area contributed by atoms with Crippen molar-refractivity contribution in [3.63, 3.8) is 0 Å². The number of carbonyl (C=O) groups is 2. The van der Waals surface area contributed by atoms with Gasteiger partial charge in [-0.05, 0) is 33.1 Å². The first-order valence-electron chi connectivity index (χ1n) is 6.62. The zero-order valence-electron chi connectivity index (χ0n) is 10.9. The van der Waals surface area contributed by atoms with Crippen LogP contribution in [0.4, 0.5) is 0 Å². The van der Waals surface area contributed by atoms with Crippen LogP contribution in [0.5, 0.6) is 0 Å². The van der Waals surface area contributed by atoms with Gasteiger partial charge in [0.15, 0.2) is 5.41 Å². The first kappa shape index (κ1) is 13.3. The van der Waals surface area contributed by atoms with Crippen molar-refractivity contribution in [2.75, 3.05) is 19.8 Å². The second-order valence-corrected chi connectivity index (χ2v) is 4.77. The molecule has 1 heterocycles. The molecule has 1 aliphatic carbocycles. The van der Waals surface area contributed by atoms with E-state index < -0.39 is 17.4 Å². The highest BCUT2D eigenvalue weighted by Crippen LogP contribution is 2.58. The number of carbonyl (C=O) groups excluding carboxylic acids is 2. The number of ether oxygens (including phenoxy) is 3. The quantitative estimate of drug-likeness (QED) is 0.548. The largest absolute Gasteiger partial charge is 0.465 e. The molecule has 18 heavy (non-hydrogen) atoms. The van der Waals surface area contributed by atoms with E-state index in [0.29, 0.717) is 13.0 Å². The van der Waals surface area contributed by atoms with E-state index in [4.69, 9.17) is 14.2 Å². The standard InChI is InChI=1S/C13H20O5/c1-3-16-11(14)13(12(15)17-4-2)8-9(13)10-6-5-7-18-10/h9-10H,3-8H2,1-2H3. The molecular formula is C13H20O5. The summed E-state index contributed by atoms with van der Waals surface area (Å²) in [7, 11) is 0. The fraction of sp³-hybridized carbons (Fsp3) is 0.846. The molecule has 102 valence electrons. The first-order chi connectivity index (χ1) is 8.66. The SMILES string of the molecule is CCOC(=O)C1(C(=O)OCC)CC1C1CCCO1. The van der Waals surface area contributed by atoms with Crippen LogP contribution in [0.25, 0.3) is 0 Å². The maximum atomic E-state index is 12.0. The number of hydrogen-bond acceptors (Lipinski definition) is 5. The van der Waals surface area contributed by atoms with Gasteiger partial charge in [-0.25, -0.2) is 0 Å². The van der Waals surface area contributed by atoms with E-state index in [2.05, 4.69) is 0 Å². The summed E-state index contributed by atoms with van der Waals surface area (Å²) in [6.45, 7) is 4.74. The molecule has 0 radical (unpaired) electrons. The van der Waals surface area contributed by atoms with Gasteiger partial charge in [0.25, 0.3) is 0 Å². The summed E-state index contributed by atoms with van der Waals surface area (Å²) in [5.74, 6) is -0.981. The van der Waals surface area contributed by atoms with Gasteiger partial charge in [0, 0.05) is 12.5 Å². The van der Waals surface area contributed by atoms with Crippen molar-refractivity contribution in [1.82, 2.24) is 0 Å². The van der Waals surface area contributed by atoms with E-state index in [1.807, 2.05) is 0 Å². The molecule has 2 fully saturated rings. The molecule has 2 atom stereocenters. The maximum absolute atomic E-state index is 12.0. The van der Waals surface area contributed by atoms with Crippen LogP contribution >= 0.6 is 0 Å². The molecule has 1 saturated carbocycles. The summed E-state index contributed by atoms with van der Waals surface area (Å²) >= 11 is 0. The minimum Gasteiger partial charge on any atom is -0.465 e. The van der Waals surface area contributed by atoms with Crippen LogP contribution in [0.3, 0.4) is 0 Å². The van der Waals surface area contributed by atoms with E-state index in [1.54, 1.807) is 13.8 Å². The summed E-state index contributed by atoms with van der Waals surface area (Å²) in [4.78, 5) is 24.1. The number of hydrogen-bond donors (Lipinski definition) is 0. The van der Waals surface area contributed by atoms with Crippen LogP contribution in [0.15, 0.2) is 0 Å². The van der Waals surface area contributed by atoms with E-state index in [-0.39, 0.29) is 25.2 Å². The molecule has 0 aromatic heterocycles. The lowest BCUT2D eigenvalue weighted by molar-refractivity contribution is -0.166. The maximum Gasteiger partial charge on any atom is 0.323 e. The summed E-state index contributed by atoms with van der Waals surface area (Å²) in [5, 5.41) is 0. The molecule has 0 aromatic carbocycles. The molecule has 0 aromatic rings. The zero-order chi connectivity index (χ0) is 13.2. The third-order valence-electron chi connectivity index (χ3n) is 3.71. The van der Waals surface area contributed by atoms with Gasteiger partial charge in [0.1, 0.15) is 0 Å². The predicted molar refractivity (Wildman–Crippen MR) is 62.8 cm³/mol. The Morgan fingerprint density at radius 3 is 2.28 bits per heavy atom. The molecule has 0 spiro atoms. The van der Waals surface area contributed by atoms with Crippen LogP contribution < -0.4 is 0 Å². The van der Waals surface area contributed by atoms with Gasteiger partial charge >= 0.3 is 11.9 Å². The highest BCUT2D eigenvalue weighted by atomic mass is 16.6. The Bertz CT molecular complexity index is 314. The van der Waals surface area contributed by atoms with Gasteiger partial charge < -0.3 is 14.2 Å². The Morgan fingerprint density at radius 1 is 1.22 bits per heavy atom. The monoisotopic (exact) mass is 256 g/mol. The minimum absolute atomic E-state index is 0.00110. The number of esters is 2. The summed E-state index contributed by atoms with van der Waals surface area (Å²) in [6, 6.07) is 0. The van der Waals surface area contributed by atoms with Gasteiger partial charge in [-0.2, -0.15) is 0 Å². The molecule has 1 aliphatic heterocycles. The first-order valence-corrected chi connectivity index (χ1v) is 6.62. The Kier molecular flexibility index (Phi) is 3.90. The van der Waals surface area contributed by atoms with E-state index in [9.17, 15) is 9.59 Å². The fourth-order valence-electron chi connectivity index (χ4n) is 2.73. The Balaban J connectivity index is 2.10. The smallest absolute Gasteiger partial charge is 0.323 e. The normalized spacial score (nSPS) is 28.8. The van der Waals surface area contributed by atoms with E-state index >= 15 is 0 Å². The summed E-state index contributed by atoms with van der Waals surface area (Å²) in [5.41, 5.74) is -1.10. The lowest BCUT2D eigenvalue weighted by atomic mass is 9.99. The average Bonchev–Trinajstić information content (AvgIpc) is 2.88.